The third-order valence-electron chi connectivity index (χ3n) is 3.03. The summed E-state index contributed by atoms with van der Waals surface area (Å²) >= 11 is 0. The molecule has 0 heterocycles. The molecule has 0 unspecified atom stereocenters. The fourth-order valence-corrected chi connectivity index (χ4v) is 7.84. The van der Waals surface area contributed by atoms with Crippen molar-refractivity contribution in [2.75, 3.05) is 0 Å². The molecule has 0 saturated heterocycles. The van der Waals surface area contributed by atoms with Crippen molar-refractivity contribution < 1.29 is 4.43 Å². The maximum absolute atomic E-state index is 6.03. The first-order chi connectivity index (χ1) is 5.89. The van der Waals surface area contributed by atoms with Gasteiger partial charge in [-0.05, 0) is 23.5 Å². The first-order valence-corrected chi connectivity index (χ1v) is 7.49. The molecule has 0 aliphatic rings. The average Bonchev–Trinajstić information content (AvgIpc) is 1.97. The van der Waals surface area contributed by atoms with E-state index in [4.69, 9.17) is 4.43 Å². The number of rotatable bonds is 5. The number of hydrogen-bond donors (Lipinski definition) is 0. The van der Waals surface area contributed by atoms with E-state index < -0.39 is 8.32 Å². The maximum Gasteiger partial charge on any atom is 0.200 e. The van der Waals surface area contributed by atoms with Crippen molar-refractivity contribution in [3.8, 4) is 0 Å². The highest BCUT2D eigenvalue weighted by molar-refractivity contribution is 6.77. The van der Waals surface area contributed by atoms with Gasteiger partial charge in [-0.1, -0.05) is 41.5 Å². The number of hydrogen-bond acceptors (Lipinski definition) is 1. The van der Waals surface area contributed by atoms with Crippen LogP contribution < -0.4 is 0 Å². The molecule has 0 aromatic rings. The zero-order valence-corrected chi connectivity index (χ0v) is 11.2. The quantitative estimate of drug-likeness (QED) is 0.601. The van der Waals surface area contributed by atoms with Gasteiger partial charge in [-0.15, -0.1) is 0 Å². The van der Waals surface area contributed by atoms with Crippen molar-refractivity contribution in [2.45, 2.75) is 65.1 Å². The molecule has 0 rings (SSSR count). The van der Waals surface area contributed by atoms with E-state index in [1.54, 1.807) is 0 Å². The molecule has 0 aromatic heterocycles. The lowest BCUT2D eigenvalue weighted by Crippen LogP contribution is -2.46. The molecule has 0 bridgehead atoms. The molecule has 0 N–H and O–H groups in total. The van der Waals surface area contributed by atoms with Crippen LogP contribution in [0.4, 0.5) is 0 Å². The Bertz CT molecular complexity index is 119. The van der Waals surface area contributed by atoms with Gasteiger partial charge in [0.1, 0.15) is 0 Å². The molecule has 13 heavy (non-hydrogen) atoms. The molecule has 0 aliphatic carbocycles. The zero-order valence-electron chi connectivity index (χ0n) is 10.2. The van der Waals surface area contributed by atoms with Gasteiger partial charge in [0.25, 0.3) is 0 Å². The van der Waals surface area contributed by atoms with Crippen molar-refractivity contribution in [1.82, 2.24) is 0 Å². The molecule has 0 aromatic carbocycles. The molecule has 1 nitrogen and oxygen atoms in total. The lowest BCUT2D eigenvalue weighted by Gasteiger charge is -2.41. The smallest absolute Gasteiger partial charge is 0.200 e. The molecule has 0 aliphatic heterocycles. The SMILES string of the molecule is C[CH]O[Si](C(C)C)(C(C)C)C(C)C. The molecule has 0 amide bonds. The summed E-state index contributed by atoms with van der Waals surface area (Å²) in [6, 6.07) is 0. The minimum Gasteiger partial charge on any atom is -0.411 e. The summed E-state index contributed by atoms with van der Waals surface area (Å²) in [7, 11) is -1.58. The minimum atomic E-state index is -1.58. The Hall–Kier alpha value is 0.177. The van der Waals surface area contributed by atoms with Crippen molar-refractivity contribution in [2.24, 2.45) is 0 Å². The van der Waals surface area contributed by atoms with Crippen LogP contribution in [0.3, 0.4) is 0 Å². The molecule has 79 valence electrons. The Morgan fingerprint density at radius 2 is 1.15 bits per heavy atom. The molecule has 1 radical (unpaired) electrons. The largest absolute Gasteiger partial charge is 0.411 e. The first-order valence-electron chi connectivity index (χ1n) is 5.35. The van der Waals surface area contributed by atoms with Crippen LogP contribution in [0, 0.1) is 6.61 Å². The van der Waals surface area contributed by atoms with Crippen molar-refractivity contribution in [1.29, 1.82) is 0 Å². The van der Waals surface area contributed by atoms with E-state index in [2.05, 4.69) is 41.5 Å². The Kier molecular flexibility index (Phi) is 5.23. The van der Waals surface area contributed by atoms with Gasteiger partial charge in [-0.3, -0.25) is 0 Å². The van der Waals surface area contributed by atoms with Gasteiger partial charge in [0.2, 0.25) is 8.32 Å². The lowest BCUT2D eigenvalue weighted by atomic mass is 10.5. The first kappa shape index (κ1) is 13.2. The summed E-state index contributed by atoms with van der Waals surface area (Å²) in [6.45, 7) is 17.7. The van der Waals surface area contributed by atoms with Crippen LogP contribution in [-0.4, -0.2) is 8.32 Å². The molecule has 0 fully saturated rings. The van der Waals surface area contributed by atoms with Crippen LogP contribution in [0.5, 0.6) is 0 Å². The van der Waals surface area contributed by atoms with E-state index in [0.717, 1.165) is 0 Å². The molecule has 0 atom stereocenters. The van der Waals surface area contributed by atoms with Crippen LogP contribution in [0.15, 0.2) is 0 Å². The Labute approximate surface area is 85.0 Å². The van der Waals surface area contributed by atoms with Crippen LogP contribution in [0.25, 0.3) is 0 Å². The van der Waals surface area contributed by atoms with Gasteiger partial charge in [-0.2, -0.15) is 0 Å². The van der Waals surface area contributed by atoms with Crippen LogP contribution in [0.2, 0.25) is 16.6 Å². The lowest BCUT2D eigenvalue weighted by molar-refractivity contribution is 0.363. The highest BCUT2D eigenvalue weighted by Crippen LogP contribution is 2.42. The van der Waals surface area contributed by atoms with Crippen LogP contribution in [0.1, 0.15) is 48.5 Å². The molecular formula is C11H25OSi. The van der Waals surface area contributed by atoms with E-state index >= 15 is 0 Å². The summed E-state index contributed by atoms with van der Waals surface area (Å²) in [4.78, 5) is 0. The normalized spacial score (nSPS) is 13.4. The van der Waals surface area contributed by atoms with Gasteiger partial charge in [-0.25, -0.2) is 0 Å². The van der Waals surface area contributed by atoms with E-state index in [1.807, 2.05) is 13.5 Å². The Balaban J connectivity index is 4.82. The second-order valence-electron chi connectivity index (χ2n) is 4.67. The zero-order chi connectivity index (χ0) is 10.6. The highest BCUT2D eigenvalue weighted by atomic mass is 28.4. The van der Waals surface area contributed by atoms with E-state index in [-0.39, 0.29) is 0 Å². The molecule has 0 saturated carbocycles. The standard InChI is InChI=1S/C11H25OSi/c1-8-12-13(9(2)3,10(4)5)11(6)7/h8-11H,1-7H3. The predicted molar refractivity (Wildman–Crippen MR) is 62.1 cm³/mol. The van der Waals surface area contributed by atoms with Gasteiger partial charge < -0.3 is 4.43 Å². The van der Waals surface area contributed by atoms with Crippen LogP contribution in [-0.2, 0) is 4.43 Å². The Morgan fingerprint density at radius 3 is 1.23 bits per heavy atom. The summed E-state index contributed by atoms with van der Waals surface area (Å²) in [5.74, 6) is 0. The van der Waals surface area contributed by atoms with Crippen molar-refractivity contribution in [3.05, 3.63) is 6.61 Å². The van der Waals surface area contributed by atoms with Crippen LogP contribution >= 0.6 is 0 Å². The topological polar surface area (TPSA) is 9.23 Å². The molecule has 2 heteroatoms. The van der Waals surface area contributed by atoms with Gasteiger partial charge >= 0.3 is 0 Å². The fraction of sp³-hybridized carbons (Fsp3) is 0.909. The summed E-state index contributed by atoms with van der Waals surface area (Å²) < 4.78 is 6.03. The van der Waals surface area contributed by atoms with Crippen molar-refractivity contribution in [3.63, 3.8) is 0 Å². The second kappa shape index (κ2) is 5.16. The van der Waals surface area contributed by atoms with Gasteiger partial charge in [0.05, 0.1) is 6.61 Å². The third-order valence-corrected chi connectivity index (χ3v) is 9.09. The fourth-order valence-electron chi connectivity index (χ4n) is 2.61. The summed E-state index contributed by atoms with van der Waals surface area (Å²) in [5, 5.41) is 0. The van der Waals surface area contributed by atoms with E-state index in [0.29, 0.717) is 16.6 Å². The maximum atomic E-state index is 6.03. The van der Waals surface area contributed by atoms with Crippen molar-refractivity contribution >= 4 is 8.32 Å². The average molecular weight is 201 g/mol. The highest BCUT2D eigenvalue weighted by Gasteiger charge is 2.44. The minimum absolute atomic E-state index is 0.684. The van der Waals surface area contributed by atoms with E-state index in [1.165, 1.54) is 0 Å². The van der Waals surface area contributed by atoms with Gasteiger partial charge in [0, 0.05) is 0 Å². The second-order valence-corrected chi connectivity index (χ2v) is 10.1. The summed E-state index contributed by atoms with van der Waals surface area (Å²) in [6.07, 6.45) is 0. The third kappa shape index (κ3) is 2.56. The molecular weight excluding hydrogens is 176 g/mol. The Morgan fingerprint density at radius 1 is 0.846 bits per heavy atom. The predicted octanol–water partition coefficient (Wildman–Crippen LogP) is 4.36. The van der Waals surface area contributed by atoms with E-state index in [9.17, 15) is 0 Å². The molecule has 0 spiro atoms. The monoisotopic (exact) mass is 201 g/mol. The summed E-state index contributed by atoms with van der Waals surface area (Å²) in [5.41, 5.74) is 2.05. The van der Waals surface area contributed by atoms with Gasteiger partial charge in [0.15, 0.2) is 0 Å².